The van der Waals surface area contributed by atoms with Crippen molar-refractivity contribution in [3.63, 3.8) is 0 Å². The van der Waals surface area contributed by atoms with Crippen molar-refractivity contribution in [2.75, 3.05) is 24.8 Å². The smallest absolute Gasteiger partial charge is 0.231 e. The maximum Gasteiger partial charge on any atom is 0.231 e. The fourth-order valence-electron chi connectivity index (χ4n) is 4.28. The quantitative estimate of drug-likeness (QED) is 0.665. The maximum absolute atomic E-state index is 12.8. The summed E-state index contributed by atoms with van der Waals surface area (Å²) in [6.07, 6.45) is 1.82. The Kier molecular flexibility index (Phi) is 5.62. The van der Waals surface area contributed by atoms with Crippen LogP contribution in [0.1, 0.15) is 24.0 Å². The van der Waals surface area contributed by atoms with E-state index in [2.05, 4.69) is 39.5 Å². The molecule has 1 saturated heterocycles. The van der Waals surface area contributed by atoms with Crippen LogP contribution in [0.15, 0.2) is 54.6 Å². The normalized spacial score (nSPS) is 17.3. The molecule has 7 nitrogen and oxygen atoms in total. The summed E-state index contributed by atoms with van der Waals surface area (Å²) in [5.74, 6) is 2.29. The van der Waals surface area contributed by atoms with Gasteiger partial charge in [0.1, 0.15) is 0 Å². The molecule has 0 radical (unpaired) electrons. The molecule has 32 heavy (non-hydrogen) atoms. The highest BCUT2D eigenvalue weighted by atomic mass is 16.7. The van der Waals surface area contributed by atoms with Gasteiger partial charge in [-0.15, -0.1) is 10.2 Å². The lowest BCUT2D eigenvalue weighted by atomic mass is 9.97. The van der Waals surface area contributed by atoms with Crippen LogP contribution >= 0.6 is 0 Å². The molecule has 0 aliphatic carbocycles. The highest BCUT2D eigenvalue weighted by Gasteiger charge is 2.27. The number of aryl methyl sites for hydroxylation is 1. The molecular formula is C25H26N4O3. The van der Waals surface area contributed by atoms with Gasteiger partial charge >= 0.3 is 0 Å². The SMILES string of the molecule is Cc1ccccc1-c1ccc(N2CCC[C@@H](C(=O)NCc3ccc4c(c3)OCO4)C2)nn1. The summed E-state index contributed by atoms with van der Waals surface area (Å²) in [6.45, 7) is 4.31. The predicted molar refractivity (Wildman–Crippen MR) is 122 cm³/mol. The van der Waals surface area contributed by atoms with Crippen molar-refractivity contribution >= 4 is 11.7 Å². The van der Waals surface area contributed by atoms with Crippen LogP contribution in [-0.4, -0.2) is 36.0 Å². The number of carbonyl (C=O) groups is 1. The number of carbonyl (C=O) groups excluding carboxylic acids is 1. The van der Waals surface area contributed by atoms with Gasteiger partial charge in [-0.2, -0.15) is 0 Å². The Bertz CT molecular complexity index is 1120. The molecule has 1 N–H and O–H groups in total. The minimum absolute atomic E-state index is 0.0665. The van der Waals surface area contributed by atoms with Crippen molar-refractivity contribution in [3.8, 4) is 22.8 Å². The molecule has 0 unspecified atom stereocenters. The first-order valence-corrected chi connectivity index (χ1v) is 11.0. The number of anilines is 1. The zero-order valence-electron chi connectivity index (χ0n) is 18.1. The van der Waals surface area contributed by atoms with E-state index < -0.39 is 0 Å². The van der Waals surface area contributed by atoms with Gasteiger partial charge in [-0.1, -0.05) is 30.3 Å². The van der Waals surface area contributed by atoms with Crippen LogP contribution in [0.2, 0.25) is 0 Å². The Balaban J connectivity index is 1.20. The lowest BCUT2D eigenvalue weighted by Gasteiger charge is -2.32. The zero-order chi connectivity index (χ0) is 21.9. The van der Waals surface area contributed by atoms with E-state index in [4.69, 9.17) is 9.47 Å². The third-order valence-electron chi connectivity index (χ3n) is 6.09. The number of hydrogen-bond acceptors (Lipinski definition) is 6. The van der Waals surface area contributed by atoms with Crippen molar-refractivity contribution in [2.24, 2.45) is 5.92 Å². The molecule has 2 aliphatic heterocycles. The van der Waals surface area contributed by atoms with E-state index in [1.54, 1.807) is 0 Å². The highest BCUT2D eigenvalue weighted by molar-refractivity contribution is 5.79. The summed E-state index contributed by atoms with van der Waals surface area (Å²) in [4.78, 5) is 15.0. The molecular weight excluding hydrogens is 404 g/mol. The van der Waals surface area contributed by atoms with Gasteiger partial charge in [0.2, 0.25) is 12.7 Å². The van der Waals surface area contributed by atoms with E-state index in [1.807, 2.05) is 42.5 Å². The van der Waals surface area contributed by atoms with Crippen LogP contribution in [0.3, 0.4) is 0 Å². The largest absolute Gasteiger partial charge is 0.454 e. The number of hydrogen-bond donors (Lipinski definition) is 1. The lowest BCUT2D eigenvalue weighted by molar-refractivity contribution is -0.125. The Morgan fingerprint density at radius 2 is 1.97 bits per heavy atom. The average Bonchev–Trinajstić information content (AvgIpc) is 3.31. The lowest BCUT2D eigenvalue weighted by Crippen LogP contribution is -2.43. The van der Waals surface area contributed by atoms with Gasteiger partial charge in [-0.25, -0.2) is 0 Å². The van der Waals surface area contributed by atoms with Crippen LogP contribution in [0.25, 0.3) is 11.3 Å². The number of amides is 1. The molecule has 1 fully saturated rings. The fourth-order valence-corrected chi connectivity index (χ4v) is 4.28. The number of benzene rings is 2. The number of rotatable bonds is 5. The highest BCUT2D eigenvalue weighted by Crippen LogP contribution is 2.32. The van der Waals surface area contributed by atoms with Gasteiger partial charge in [0.15, 0.2) is 17.3 Å². The van der Waals surface area contributed by atoms with Crippen molar-refractivity contribution in [1.82, 2.24) is 15.5 Å². The topological polar surface area (TPSA) is 76.6 Å². The van der Waals surface area contributed by atoms with Gasteiger partial charge in [0.25, 0.3) is 0 Å². The first kappa shape index (κ1) is 20.3. The summed E-state index contributed by atoms with van der Waals surface area (Å²) >= 11 is 0. The standard InChI is InChI=1S/C25H26N4O3/c1-17-5-2-3-7-20(17)21-9-11-24(28-27-21)29-12-4-6-19(15-29)25(30)26-14-18-8-10-22-23(13-18)32-16-31-22/h2-3,5,7-11,13,19H,4,6,12,14-16H2,1H3,(H,26,30)/t19-/m1/s1. The molecule has 5 rings (SSSR count). The van der Waals surface area contributed by atoms with E-state index in [0.29, 0.717) is 13.1 Å². The number of piperidine rings is 1. The maximum atomic E-state index is 12.8. The Hall–Kier alpha value is -3.61. The number of nitrogens with zero attached hydrogens (tertiary/aromatic N) is 3. The molecule has 0 bridgehead atoms. The molecule has 2 aromatic carbocycles. The second-order valence-corrected chi connectivity index (χ2v) is 8.28. The molecule has 3 heterocycles. The molecule has 1 amide bonds. The summed E-state index contributed by atoms with van der Waals surface area (Å²) in [5, 5.41) is 12.0. The van der Waals surface area contributed by atoms with Crippen LogP contribution in [0.4, 0.5) is 5.82 Å². The predicted octanol–water partition coefficient (Wildman–Crippen LogP) is 3.71. The van der Waals surface area contributed by atoms with Gasteiger partial charge in [-0.05, 0) is 55.2 Å². The number of nitrogens with one attached hydrogen (secondary N) is 1. The van der Waals surface area contributed by atoms with E-state index in [1.165, 1.54) is 5.56 Å². The summed E-state index contributed by atoms with van der Waals surface area (Å²) < 4.78 is 10.8. The number of fused-ring (bicyclic) bond motifs is 1. The van der Waals surface area contributed by atoms with E-state index in [-0.39, 0.29) is 18.6 Å². The summed E-state index contributed by atoms with van der Waals surface area (Å²) in [6, 6.07) is 17.9. The number of aromatic nitrogens is 2. The number of ether oxygens (including phenoxy) is 2. The van der Waals surface area contributed by atoms with Crippen molar-refractivity contribution < 1.29 is 14.3 Å². The van der Waals surface area contributed by atoms with Crippen molar-refractivity contribution in [1.29, 1.82) is 0 Å². The monoisotopic (exact) mass is 430 g/mol. The molecule has 2 aliphatic rings. The van der Waals surface area contributed by atoms with Gasteiger partial charge < -0.3 is 19.7 Å². The first-order chi connectivity index (χ1) is 15.7. The molecule has 0 spiro atoms. The fraction of sp³-hybridized carbons (Fsp3) is 0.320. The molecule has 1 atom stereocenters. The van der Waals surface area contributed by atoms with Crippen LogP contribution in [0, 0.1) is 12.8 Å². The van der Waals surface area contributed by atoms with E-state index in [9.17, 15) is 4.79 Å². The molecule has 3 aromatic rings. The Morgan fingerprint density at radius 1 is 1.09 bits per heavy atom. The molecule has 164 valence electrons. The Morgan fingerprint density at radius 3 is 2.81 bits per heavy atom. The van der Waals surface area contributed by atoms with Crippen LogP contribution < -0.4 is 19.7 Å². The van der Waals surface area contributed by atoms with Gasteiger partial charge in [0, 0.05) is 25.2 Å². The summed E-state index contributed by atoms with van der Waals surface area (Å²) in [7, 11) is 0. The summed E-state index contributed by atoms with van der Waals surface area (Å²) in [5.41, 5.74) is 4.12. The van der Waals surface area contributed by atoms with Crippen LogP contribution in [0.5, 0.6) is 11.5 Å². The second kappa shape index (κ2) is 8.86. The van der Waals surface area contributed by atoms with E-state index >= 15 is 0 Å². The third kappa shape index (κ3) is 4.23. The van der Waals surface area contributed by atoms with Crippen LogP contribution in [-0.2, 0) is 11.3 Å². The zero-order valence-corrected chi connectivity index (χ0v) is 18.1. The van der Waals surface area contributed by atoms with Crippen molar-refractivity contribution in [2.45, 2.75) is 26.3 Å². The van der Waals surface area contributed by atoms with Gasteiger partial charge in [0.05, 0.1) is 11.6 Å². The first-order valence-electron chi connectivity index (χ1n) is 11.0. The molecule has 1 aromatic heterocycles. The second-order valence-electron chi connectivity index (χ2n) is 8.28. The third-order valence-corrected chi connectivity index (χ3v) is 6.09. The molecule has 0 saturated carbocycles. The Labute approximate surface area is 187 Å². The van der Waals surface area contributed by atoms with Gasteiger partial charge in [-0.3, -0.25) is 4.79 Å². The average molecular weight is 431 g/mol. The minimum atomic E-state index is -0.0735. The van der Waals surface area contributed by atoms with E-state index in [0.717, 1.165) is 53.5 Å². The van der Waals surface area contributed by atoms with Crippen molar-refractivity contribution in [3.05, 3.63) is 65.7 Å². The molecule has 7 heteroatoms. The minimum Gasteiger partial charge on any atom is -0.454 e.